The molecule has 0 fully saturated rings. The van der Waals surface area contributed by atoms with Crippen molar-refractivity contribution >= 4 is 34.5 Å². The number of carboxylic acids is 1. The van der Waals surface area contributed by atoms with Crippen LogP contribution in [0.3, 0.4) is 0 Å². The van der Waals surface area contributed by atoms with Gasteiger partial charge in [0, 0.05) is 10.1 Å². The minimum atomic E-state index is -1.53. The van der Waals surface area contributed by atoms with Crippen LogP contribution in [0.1, 0.15) is 23.7 Å². The minimum absolute atomic E-state index is 0.203. The highest BCUT2D eigenvalue weighted by atomic mass is 127. The first kappa shape index (κ1) is 15.8. The van der Waals surface area contributed by atoms with Crippen LogP contribution in [-0.4, -0.2) is 34.2 Å². The second-order valence-corrected chi connectivity index (χ2v) is 5.54. The van der Waals surface area contributed by atoms with Gasteiger partial charge in [0.2, 0.25) is 0 Å². The highest BCUT2D eigenvalue weighted by Crippen LogP contribution is 2.14. The summed E-state index contributed by atoms with van der Waals surface area (Å²) in [5.41, 5.74) is -1.26. The number of hydrogen-bond donors (Lipinski definition) is 3. The topological polar surface area (TPSA) is 86.6 Å². The first-order valence-corrected chi connectivity index (χ1v) is 6.46. The molecule has 0 spiro atoms. The largest absolute Gasteiger partial charge is 0.481 e. The predicted octanol–water partition coefficient (Wildman–Crippen LogP) is 1.39. The average molecular weight is 381 g/mol. The number of amides is 1. The lowest BCUT2D eigenvalue weighted by atomic mass is 10.0. The van der Waals surface area contributed by atoms with Crippen molar-refractivity contribution in [3.63, 3.8) is 0 Å². The van der Waals surface area contributed by atoms with E-state index >= 15 is 0 Å². The van der Waals surface area contributed by atoms with Crippen LogP contribution in [0, 0.1) is 9.39 Å². The first-order chi connectivity index (χ1) is 8.71. The third-order valence-corrected chi connectivity index (χ3v) is 3.23. The standard InChI is InChI=1S/C12H13FINO4/c1-12(19,5-10(16)17)6-15-11(18)8-3-2-7(13)4-9(8)14/h2-4,19H,5-6H2,1H3,(H,15,18)(H,16,17). The first-order valence-electron chi connectivity index (χ1n) is 5.39. The van der Waals surface area contributed by atoms with Crippen molar-refractivity contribution in [1.29, 1.82) is 0 Å². The van der Waals surface area contributed by atoms with Crippen LogP contribution in [0.4, 0.5) is 4.39 Å². The van der Waals surface area contributed by atoms with Gasteiger partial charge in [-0.2, -0.15) is 0 Å². The molecule has 104 valence electrons. The minimum Gasteiger partial charge on any atom is -0.481 e. The Morgan fingerprint density at radius 3 is 2.63 bits per heavy atom. The lowest BCUT2D eigenvalue weighted by Gasteiger charge is -2.21. The van der Waals surface area contributed by atoms with E-state index in [9.17, 15) is 19.1 Å². The molecule has 0 aliphatic heterocycles. The summed E-state index contributed by atoms with van der Waals surface area (Å²) in [5, 5.41) is 20.8. The Bertz CT molecular complexity index is 505. The monoisotopic (exact) mass is 381 g/mol. The summed E-state index contributed by atoms with van der Waals surface area (Å²) in [6, 6.07) is 3.70. The number of halogens is 2. The molecule has 1 unspecified atom stereocenters. The number of rotatable bonds is 5. The van der Waals surface area contributed by atoms with Crippen molar-refractivity contribution in [3.8, 4) is 0 Å². The maximum absolute atomic E-state index is 12.9. The Kier molecular flexibility index (Phi) is 5.24. The summed E-state index contributed by atoms with van der Waals surface area (Å²) in [6.45, 7) is 1.11. The van der Waals surface area contributed by atoms with Crippen LogP contribution in [0.5, 0.6) is 0 Å². The van der Waals surface area contributed by atoms with Gasteiger partial charge in [-0.1, -0.05) is 0 Å². The number of carbonyl (C=O) groups excluding carboxylic acids is 1. The molecule has 7 heteroatoms. The van der Waals surface area contributed by atoms with E-state index in [1.54, 1.807) is 0 Å². The molecule has 0 heterocycles. The highest BCUT2D eigenvalue weighted by Gasteiger charge is 2.25. The van der Waals surface area contributed by atoms with Crippen LogP contribution >= 0.6 is 22.6 Å². The molecule has 1 atom stereocenters. The second-order valence-electron chi connectivity index (χ2n) is 4.37. The smallest absolute Gasteiger partial charge is 0.306 e. The van der Waals surface area contributed by atoms with Gasteiger partial charge in [0.15, 0.2) is 0 Å². The van der Waals surface area contributed by atoms with E-state index in [0.717, 1.165) is 6.07 Å². The molecule has 0 aliphatic carbocycles. The molecular formula is C12H13FINO4. The molecule has 0 saturated carbocycles. The number of aliphatic carboxylic acids is 1. The van der Waals surface area contributed by atoms with Crippen molar-refractivity contribution in [1.82, 2.24) is 5.32 Å². The number of aliphatic hydroxyl groups is 1. The van der Waals surface area contributed by atoms with Gasteiger partial charge in [-0.05, 0) is 47.7 Å². The Balaban J connectivity index is 2.68. The molecule has 0 bridgehead atoms. The molecule has 3 N–H and O–H groups in total. The fourth-order valence-corrected chi connectivity index (χ4v) is 2.15. The summed E-state index contributed by atoms with van der Waals surface area (Å²) < 4.78 is 13.3. The molecule has 0 saturated heterocycles. The molecule has 0 aliphatic rings. The molecule has 1 amide bonds. The maximum Gasteiger partial charge on any atom is 0.306 e. The molecule has 1 aromatic rings. The van der Waals surface area contributed by atoms with E-state index in [2.05, 4.69) is 5.32 Å². The van der Waals surface area contributed by atoms with Crippen molar-refractivity contribution in [2.24, 2.45) is 0 Å². The summed E-state index contributed by atoms with van der Waals surface area (Å²) in [6.07, 6.45) is -0.478. The van der Waals surface area contributed by atoms with Crippen LogP contribution in [0.15, 0.2) is 18.2 Å². The fourth-order valence-electron chi connectivity index (χ4n) is 1.43. The van der Waals surface area contributed by atoms with Crippen molar-refractivity contribution in [2.45, 2.75) is 18.9 Å². The van der Waals surface area contributed by atoms with Crippen molar-refractivity contribution < 1.29 is 24.2 Å². The molecule has 5 nitrogen and oxygen atoms in total. The number of carbonyl (C=O) groups is 2. The van der Waals surface area contributed by atoms with Gasteiger partial charge < -0.3 is 15.5 Å². The molecule has 0 radical (unpaired) electrons. The van der Waals surface area contributed by atoms with E-state index < -0.39 is 29.7 Å². The van der Waals surface area contributed by atoms with Gasteiger partial charge in [0.05, 0.1) is 17.6 Å². The molecule has 1 rings (SSSR count). The number of hydrogen-bond acceptors (Lipinski definition) is 3. The van der Waals surface area contributed by atoms with Gasteiger partial charge in [-0.3, -0.25) is 9.59 Å². The van der Waals surface area contributed by atoms with Gasteiger partial charge in [-0.25, -0.2) is 4.39 Å². The third-order valence-electron chi connectivity index (χ3n) is 2.34. The fraction of sp³-hybridized carbons (Fsp3) is 0.333. The maximum atomic E-state index is 12.9. The normalized spacial score (nSPS) is 13.7. The SMILES string of the molecule is CC(O)(CNC(=O)c1ccc(F)cc1I)CC(=O)O. The van der Waals surface area contributed by atoms with E-state index in [1.807, 2.05) is 22.6 Å². The van der Waals surface area contributed by atoms with Gasteiger partial charge in [-0.15, -0.1) is 0 Å². The molecular weight excluding hydrogens is 368 g/mol. The summed E-state index contributed by atoms with van der Waals surface area (Å²) in [5.74, 6) is -2.09. The van der Waals surface area contributed by atoms with Gasteiger partial charge in [0.25, 0.3) is 5.91 Å². The summed E-state index contributed by atoms with van der Waals surface area (Å²) in [4.78, 5) is 22.3. The quantitative estimate of drug-likeness (QED) is 0.673. The van der Waals surface area contributed by atoms with E-state index in [0.29, 0.717) is 3.57 Å². The second kappa shape index (κ2) is 6.29. The van der Waals surface area contributed by atoms with Gasteiger partial charge in [0.1, 0.15) is 5.82 Å². The molecule has 1 aromatic carbocycles. The molecule has 19 heavy (non-hydrogen) atoms. The van der Waals surface area contributed by atoms with Gasteiger partial charge >= 0.3 is 5.97 Å². The van der Waals surface area contributed by atoms with Crippen LogP contribution in [0.2, 0.25) is 0 Å². The van der Waals surface area contributed by atoms with Crippen molar-refractivity contribution in [2.75, 3.05) is 6.54 Å². The van der Waals surface area contributed by atoms with Crippen LogP contribution < -0.4 is 5.32 Å². The number of carboxylic acid groups (broad SMARTS) is 1. The Hall–Kier alpha value is -1.22. The Labute approximate surface area is 123 Å². The van der Waals surface area contributed by atoms with Crippen molar-refractivity contribution in [3.05, 3.63) is 33.1 Å². The zero-order chi connectivity index (χ0) is 14.6. The molecule has 0 aromatic heterocycles. The Morgan fingerprint density at radius 2 is 2.11 bits per heavy atom. The lowest BCUT2D eigenvalue weighted by Crippen LogP contribution is -2.42. The number of benzene rings is 1. The predicted molar refractivity (Wildman–Crippen MR) is 74.3 cm³/mol. The highest BCUT2D eigenvalue weighted by molar-refractivity contribution is 14.1. The van der Waals surface area contributed by atoms with E-state index in [4.69, 9.17) is 5.11 Å². The van der Waals surface area contributed by atoms with Crippen LogP contribution in [-0.2, 0) is 4.79 Å². The number of nitrogens with one attached hydrogen (secondary N) is 1. The van der Waals surface area contributed by atoms with E-state index in [-0.39, 0.29) is 12.1 Å². The zero-order valence-electron chi connectivity index (χ0n) is 10.1. The van der Waals surface area contributed by atoms with Crippen LogP contribution in [0.25, 0.3) is 0 Å². The Morgan fingerprint density at radius 1 is 1.47 bits per heavy atom. The summed E-state index contributed by atoms with van der Waals surface area (Å²) >= 11 is 1.82. The summed E-state index contributed by atoms with van der Waals surface area (Å²) in [7, 11) is 0. The zero-order valence-corrected chi connectivity index (χ0v) is 12.3. The average Bonchev–Trinajstić information content (AvgIpc) is 2.24. The lowest BCUT2D eigenvalue weighted by molar-refractivity contribution is -0.141. The van der Waals surface area contributed by atoms with E-state index in [1.165, 1.54) is 19.1 Å². The third kappa shape index (κ3) is 5.11.